The number of hydrogen-bond donors (Lipinski definition) is 0. The lowest BCUT2D eigenvalue weighted by Gasteiger charge is -2.32. The summed E-state index contributed by atoms with van der Waals surface area (Å²) >= 11 is 0. The first kappa shape index (κ1) is 16.0. The second-order valence-electron chi connectivity index (χ2n) is 5.35. The third-order valence-electron chi connectivity index (χ3n) is 3.51. The summed E-state index contributed by atoms with van der Waals surface area (Å²) in [5.74, 6) is -0.806. The first-order valence-electron chi connectivity index (χ1n) is 7.34. The molecule has 6 heteroatoms. The molecular weight excluding hydrogens is 276 g/mol. The van der Waals surface area contributed by atoms with Gasteiger partial charge < -0.3 is 18.9 Å². The van der Waals surface area contributed by atoms with Gasteiger partial charge in [-0.05, 0) is 25.0 Å². The van der Waals surface area contributed by atoms with Gasteiger partial charge in [0.25, 0.3) is 0 Å². The van der Waals surface area contributed by atoms with Crippen LogP contribution in [0.25, 0.3) is 0 Å². The van der Waals surface area contributed by atoms with Crippen LogP contribution in [-0.4, -0.2) is 43.1 Å². The molecule has 0 bridgehead atoms. The largest absolute Gasteiger partial charge is 0.463 e. The second-order valence-corrected chi connectivity index (χ2v) is 5.35. The highest BCUT2D eigenvalue weighted by molar-refractivity contribution is 5.66. The molecule has 0 aromatic heterocycles. The summed E-state index contributed by atoms with van der Waals surface area (Å²) in [6, 6.07) is 0. The Labute approximate surface area is 124 Å². The molecule has 2 aliphatic rings. The zero-order valence-corrected chi connectivity index (χ0v) is 12.4. The first-order chi connectivity index (χ1) is 10.0. The van der Waals surface area contributed by atoms with Gasteiger partial charge in [0.15, 0.2) is 6.29 Å². The second kappa shape index (κ2) is 7.56. The van der Waals surface area contributed by atoms with E-state index in [0.717, 1.165) is 12.8 Å². The first-order valence-corrected chi connectivity index (χ1v) is 7.34. The molecular formula is C15H22O6. The Balaban J connectivity index is 1.93. The van der Waals surface area contributed by atoms with Gasteiger partial charge in [0.05, 0.1) is 6.10 Å². The van der Waals surface area contributed by atoms with E-state index < -0.39 is 30.4 Å². The Morgan fingerprint density at radius 1 is 1.14 bits per heavy atom. The van der Waals surface area contributed by atoms with E-state index in [9.17, 15) is 9.59 Å². The highest BCUT2D eigenvalue weighted by Crippen LogP contribution is 2.25. The SMILES string of the molecule is CC(=O)OC[C@H]1O[C@H](OC2CCCC2)C=C[C@@H]1OC(C)=O. The number of esters is 2. The molecule has 21 heavy (non-hydrogen) atoms. The average Bonchev–Trinajstić information content (AvgIpc) is 2.91. The number of carbonyl (C=O) groups excluding carboxylic acids is 2. The van der Waals surface area contributed by atoms with Crippen LogP contribution in [0, 0.1) is 0 Å². The Bertz CT molecular complexity index is 399. The van der Waals surface area contributed by atoms with Crippen molar-refractivity contribution in [1.29, 1.82) is 0 Å². The average molecular weight is 298 g/mol. The van der Waals surface area contributed by atoms with Crippen LogP contribution in [0.5, 0.6) is 0 Å². The standard InChI is InChI=1S/C15H22O6/c1-10(16)18-9-14-13(19-11(2)17)7-8-15(21-14)20-12-5-3-4-6-12/h7-8,12-15H,3-6,9H2,1-2H3/t13-,14+,15-/m0/s1. The van der Waals surface area contributed by atoms with Gasteiger partial charge in [-0.25, -0.2) is 0 Å². The highest BCUT2D eigenvalue weighted by Gasteiger charge is 2.32. The highest BCUT2D eigenvalue weighted by atomic mass is 16.7. The summed E-state index contributed by atoms with van der Waals surface area (Å²) in [7, 11) is 0. The van der Waals surface area contributed by atoms with Gasteiger partial charge in [-0.2, -0.15) is 0 Å². The fraction of sp³-hybridized carbons (Fsp3) is 0.733. The van der Waals surface area contributed by atoms with Gasteiger partial charge in [-0.1, -0.05) is 12.8 Å². The zero-order valence-electron chi connectivity index (χ0n) is 12.4. The minimum atomic E-state index is -0.565. The number of ether oxygens (including phenoxy) is 4. The molecule has 1 aliphatic carbocycles. The van der Waals surface area contributed by atoms with Crippen molar-refractivity contribution in [3.63, 3.8) is 0 Å². The van der Waals surface area contributed by atoms with Crippen molar-refractivity contribution in [2.24, 2.45) is 0 Å². The molecule has 6 nitrogen and oxygen atoms in total. The fourth-order valence-corrected chi connectivity index (χ4v) is 2.55. The van der Waals surface area contributed by atoms with Crippen molar-refractivity contribution in [2.75, 3.05) is 6.61 Å². The van der Waals surface area contributed by atoms with E-state index in [2.05, 4.69) is 0 Å². The van der Waals surface area contributed by atoms with Gasteiger partial charge in [0.1, 0.15) is 18.8 Å². The fourth-order valence-electron chi connectivity index (χ4n) is 2.55. The maximum Gasteiger partial charge on any atom is 0.303 e. The van der Waals surface area contributed by atoms with E-state index in [0.29, 0.717) is 0 Å². The molecule has 0 aromatic carbocycles. The molecule has 0 N–H and O–H groups in total. The molecule has 1 saturated carbocycles. The summed E-state index contributed by atoms with van der Waals surface area (Å²) in [6.45, 7) is 2.69. The van der Waals surface area contributed by atoms with E-state index in [1.807, 2.05) is 0 Å². The lowest BCUT2D eigenvalue weighted by molar-refractivity contribution is -0.208. The van der Waals surface area contributed by atoms with Crippen LogP contribution in [0.1, 0.15) is 39.5 Å². The van der Waals surface area contributed by atoms with Crippen molar-refractivity contribution in [3.05, 3.63) is 12.2 Å². The van der Waals surface area contributed by atoms with Crippen LogP contribution in [-0.2, 0) is 28.5 Å². The number of rotatable bonds is 5. The molecule has 1 fully saturated rings. The molecule has 118 valence electrons. The lowest BCUT2D eigenvalue weighted by Crippen LogP contribution is -2.42. The van der Waals surface area contributed by atoms with Crippen LogP contribution in [0.15, 0.2) is 12.2 Å². The van der Waals surface area contributed by atoms with Gasteiger partial charge >= 0.3 is 11.9 Å². The lowest BCUT2D eigenvalue weighted by atomic mass is 10.1. The van der Waals surface area contributed by atoms with E-state index >= 15 is 0 Å². The molecule has 3 atom stereocenters. The van der Waals surface area contributed by atoms with Crippen molar-refractivity contribution >= 4 is 11.9 Å². The summed E-state index contributed by atoms with van der Waals surface area (Å²) in [5, 5.41) is 0. The van der Waals surface area contributed by atoms with Crippen LogP contribution < -0.4 is 0 Å². The molecule has 0 radical (unpaired) electrons. The maximum absolute atomic E-state index is 11.1. The van der Waals surface area contributed by atoms with Crippen LogP contribution in [0.3, 0.4) is 0 Å². The minimum absolute atomic E-state index is 0.0299. The van der Waals surface area contributed by atoms with E-state index in [-0.39, 0.29) is 12.7 Å². The molecule has 1 heterocycles. The normalized spacial score (nSPS) is 29.3. The van der Waals surface area contributed by atoms with Gasteiger partial charge in [0.2, 0.25) is 0 Å². The van der Waals surface area contributed by atoms with E-state index in [4.69, 9.17) is 18.9 Å². The predicted molar refractivity (Wildman–Crippen MR) is 73.3 cm³/mol. The smallest absolute Gasteiger partial charge is 0.303 e. The molecule has 0 saturated heterocycles. The van der Waals surface area contributed by atoms with Gasteiger partial charge in [-0.3, -0.25) is 9.59 Å². The molecule has 0 unspecified atom stereocenters. The van der Waals surface area contributed by atoms with Gasteiger partial charge in [-0.15, -0.1) is 0 Å². The molecule has 2 rings (SSSR count). The van der Waals surface area contributed by atoms with E-state index in [1.165, 1.54) is 26.7 Å². The van der Waals surface area contributed by atoms with Crippen molar-refractivity contribution in [3.8, 4) is 0 Å². The van der Waals surface area contributed by atoms with Crippen molar-refractivity contribution < 1.29 is 28.5 Å². The van der Waals surface area contributed by atoms with E-state index in [1.54, 1.807) is 12.2 Å². The number of carbonyl (C=O) groups is 2. The van der Waals surface area contributed by atoms with Crippen LogP contribution in [0.4, 0.5) is 0 Å². The summed E-state index contributed by atoms with van der Waals surface area (Å²) in [4.78, 5) is 22.0. The topological polar surface area (TPSA) is 71.1 Å². The van der Waals surface area contributed by atoms with Crippen LogP contribution >= 0.6 is 0 Å². The Hall–Kier alpha value is -1.40. The molecule has 0 aromatic rings. The van der Waals surface area contributed by atoms with Gasteiger partial charge in [0, 0.05) is 13.8 Å². The Morgan fingerprint density at radius 3 is 2.48 bits per heavy atom. The quantitative estimate of drug-likeness (QED) is 0.568. The van der Waals surface area contributed by atoms with Crippen LogP contribution in [0.2, 0.25) is 0 Å². The molecule has 0 amide bonds. The third-order valence-corrected chi connectivity index (χ3v) is 3.51. The summed E-state index contributed by atoms with van der Waals surface area (Å²) < 4.78 is 21.7. The zero-order chi connectivity index (χ0) is 15.2. The Morgan fingerprint density at radius 2 is 1.86 bits per heavy atom. The maximum atomic E-state index is 11.1. The predicted octanol–water partition coefficient (Wildman–Crippen LogP) is 1.72. The summed E-state index contributed by atoms with van der Waals surface area (Å²) in [5.41, 5.74) is 0. The monoisotopic (exact) mass is 298 g/mol. The number of hydrogen-bond acceptors (Lipinski definition) is 6. The summed E-state index contributed by atoms with van der Waals surface area (Å²) in [6.07, 6.45) is 6.52. The van der Waals surface area contributed by atoms with Crippen molar-refractivity contribution in [1.82, 2.24) is 0 Å². The Kier molecular flexibility index (Phi) is 5.76. The molecule has 1 aliphatic heterocycles. The molecule has 0 spiro atoms. The third kappa shape index (κ3) is 5.13. The minimum Gasteiger partial charge on any atom is -0.463 e. The van der Waals surface area contributed by atoms with Crippen molar-refractivity contribution in [2.45, 2.75) is 64.1 Å².